The zero-order chi connectivity index (χ0) is 23.0. The third-order valence-corrected chi connectivity index (χ3v) is 10.2. The fourth-order valence-corrected chi connectivity index (χ4v) is 8.36. The van der Waals surface area contributed by atoms with Crippen molar-refractivity contribution in [2.75, 3.05) is 0 Å². The quantitative estimate of drug-likeness (QED) is 0.404. The van der Waals surface area contributed by atoms with Gasteiger partial charge >= 0.3 is 0 Å². The minimum Gasteiger partial charge on any atom is -0.393 e. The van der Waals surface area contributed by atoms with Crippen molar-refractivity contribution in [3.05, 3.63) is 35.5 Å². The number of hydrogen-bond donors (Lipinski definition) is 1. The molecule has 0 aromatic carbocycles. The van der Waals surface area contributed by atoms with Crippen LogP contribution in [0.4, 0.5) is 0 Å². The van der Waals surface area contributed by atoms with E-state index in [0.29, 0.717) is 22.7 Å². The summed E-state index contributed by atoms with van der Waals surface area (Å²) in [7, 11) is 0. The zero-order valence-electron chi connectivity index (χ0n) is 21.7. The fourth-order valence-electron chi connectivity index (χ4n) is 8.36. The summed E-state index contributed by atoms with van der Waals surface area (Å²) in [6.45, 7) is 21.1. The summed E-state index contributed by atoms with van der Waals surface area (Å²) in [5.41, 5.74) is 5.30. The molecule has 3 fully saturated rings. The second kappa shape index (κ2) is 9.20. The van der Waals surface area contributed by atoms with Crippen LogP contribution in [0.5, 0.6) is 0 Å². The Balaban J connectivity index is 1.64. The monoisotopic (exact) mass is 426 g/mol. The molecule has 176 valence electrons. The van der Waals surface area contributed by atoms with Crippen LogP contribution in [0.25, 0.3) is 0 Å². The summed E-state index contributed by atoms with van der Waals surface area (Å²) in [6, 6.07) is 0. The summed E-state index contributed by atoms with van der Waals surface area (Å²) >= 11 is 0. The maximum Gasteiger partial charge on any atom is 0.0594 e. The lowest BCUT2D eigenvalue weighted by Gasteiger charge is -2.63. The van der Waals surface area contributed by atoms with E-state index < -0.39 is 0 Å². The molecule has 0 aromatic heterocycles. The van der Waals surface area contributed by atoms with Gasteiger partial charge in [0.2, 0.25) is 0 Å². The van der Waals surface area contributed by atoms with Gasteiger partial charge in [0.15, 0.2) is 0 Å². The Morgan fingerprint density at radius 3 is 2.16 bits per heavy atom. The highest BCUT2D eigenvalue weighted by molar-refractivity contribution is 5.19. The SMILES string of the molecule is C=C(CC/C=C(\C)CCC=C(C)C)[C@@H]1CC[C@H]2[C@@]1(C)CC[C@H]1C(C)(C)[C@@H](O)CC[C@]21C. The van der Waals surface area contributed by atoms with Gasteiger partial charge < -0.3 is 5.11 Å². The first-order chi connectivity index (χ1) is 14.4. The normalized spacial score (nSPS) is 39.5. The molecule has 1 heteroatoms. The van der Waals surface area contributed by atoms with Crippen molar-refractivity contribution >= 4 is 0 Å². The molecule has 0 bridgehead atoms. The maximum atomic E-state index is 10.7. The van der Waals surface area contributed by atoms with E-state index in [-0.39, 0.29) is 11.5 Å². The Hall–Kier alpha value is -0.820. The molecule has 0 aromatic rings. The summed E-state index contributed by atoms with van der Waals surface area (Å²) in [5.74, 6) is 2.12. The van der Waals surface area contributed by atoms with Crippen LogP contribution in [0.2, 0.25) is 0 Å². The van der Waals surface area contributed by atoms with E-state index in [9.17, 15) is 5.11 Å². The Morgan fingerprint density at radius 2 is 1.48 bits per heavy atom. The van der Waals surface area contributed by atoms with Crippen LogP contribution in [0, 0.1) is 34.0 Å². The van der Waals surface area contributed by atoms with E-state index in [1.54, 1.807) is 0 Å². The average Bonchev–Trinajstić information content (AvgIpc) is 3.03. The Labute approximate surface area is 193 Å². The molecule has 31 heavy (non-hydrogen) atoms. The van der Waals surface area contributed by atoms with E-state index >= 15 is 0 Å². The van der Waals surface area contributed by atoms with Crippen molar-refractivity contribution in [2.24, 2.45) is 34.0 Å². The first-order valence-corrected chi connectivity index (χ1v) is 13.1. The average molecular weight is 427 g/mol. The summed E-state index contributed by atoms with van der Waals surface area (Å²) in [5, 5.41) is 10.7. The number of fused-ring (bicyclic) bond motifs is 3. The zero-order valence-corrected chi connectivity index (χ0v) is 21.7. The molecule has 1 nitrogen and oxygen atoms in total. The van der Waals surface area contributed by atoms with Crippen LogP contribution in [0.3, 0.4) is 0 Å². The van der Waals surface area contributed by atoms with E-state index in [4.69, 9.17) is 0 Å². The highest BCUT2D eigenvalue weighted by Gasteiger charge is 2.63. The Bertz CT molecular complexity index is 721. The van der Waals surface area contributed by atoms with Gasteiger partial charge in [0.05, 0.1) is 6.10 Å². The topological polar surface area (TPSA) is 20.2 Å². The molecule has 0 unspecified atom stereocenters. The van der Waals surface area contributed by atoms with Gasteiger partial charge in [0, 0.05) is 0 Å². The third-order valence-electron chi connectivity index (χ3n) is 10.2. The second-order valence-electron chi connectivity index (χ2n) is 12.7. The molecule has 3 saturated carbocycles. The van der Waals surface area contributed by atoms with Gasteiger partial charge in [0.25, 0.3) is 0 Å². The number of hydrogen-bond acceptors (Lipinski definition) is 1. The second-order valence-corrected chi connectivity index (χ2v) is 12.7. The van der Waals surface area contributed by atoms with Crippen LogP contribution in [0.1, 0.15) is 113 Å². The van der Waals surface area contributed by atoms with Crippen LogP contribution in [-0.2, 0) is 0 Å². The van der Waals surface area contributed by atoms with Crippen LogP contribution < -0.4 is 0 Å². The van der Waals surface area contributed by atoms with Crippen molar-refractivity contribution in [1.82, 2.24) is 0 Å². The molecule has 6 atom stereocenters. The van der Waals surface area contributed by atoms with Crippen molar-refractivity contribution in [1.29, 1.82) is 0 Å². The van der Waals surface area contributed by atoms with Crippen molar-refractivity contribution in [3.63, 3.8) is 0 Å². The number of aliphatic hydroxyl groups is 1. The molecule has 1 N–H and O–H groups in total. The number of allylic oxidation sites excluding steroid dienone is 5. The number of aliphatic hydroxyl groups excluding tert-OH is 1. The van der Waals surface area contributed by atoms with Gasteiger partial charge in [-0.25, -0.2) is 0 Å². The van der Waals surface area contributed by atoms with Gasteiger partial charge in [0.1, 0.15) is 0 Å². The minimum absolute atomic E-state index is 0.0528. The van der Waals surface area contributed by atoms with Crippen molar-refractivity contribution < 1.29 is 5.11 Å². The van der Waals surface area contributed by atoms with E-state index in [0.717, 1.165) is 25.2 Å². The predicted molar refractivity (Wildman–Crippen MR) is 135 cm³/mol. The molecule has 3 rings (SSSR count). The van der Waals surface area contributed by atoms with Crippen molar-refractivity contribution in [3.8, 4) is 0 Å². The highest BCUT2D eigenvalue weighted by atomic mass is 16.3. The molecule has 0 saturated heterocycles. The van der Waals surface area contributed by atoms with E-state index in [2.05, 4.69) is 67.2 Å². The summed E-state index contributed by atoms with van der Waals surface area (Å²) in [6.07, 6.45) is 16.8. The fraction of sp³-hybridized carbons (Fsp3) is 0.800. The van der Waals surface area contributed by atoms with Crippen molar-refractivity contribution in [2.45, 2.75) is 119 Å². The molecule has 0 heterocycles. The highest BCUT2D eigenvalue weighted by Crippen LogP contribution is 2.70. The lowest BCUT2D eigenvalue weighted by molar-refractivity contribution is -0.166. The standard InChI is InChI=1S/C30H50O/c1-21(2)11-9-12-22(3)13-10-14-23(4)24-15-16-26-29(24,7)19-17-25-28(5,6)27(31)18-20-30(25,26)8/h11,13,24-27,31H,4,9-10,12,14-20H2,1-3,5-8H3/b22-13+/t24-,25-,26-,27-,29-,30-/m0/s1. The summed E-state index contributed by atoms with van der Waals surface area (Å²) in [4.78, 5) is 0. The van der Waals surface area contributed by atoms with Crippen LogP contribution in [0.15, 0.2) is 35.5 Å². The molecule has 0 aliphatic heterocycles. The van der Waals surface area contributed by atoms with E-state index in [1.807, 2.05) is 0 Å². The Morgan fingerprint density at radius 1 is 0.839 bits per heavy atom. The number of rotatable bonds is 7. The Kier molecular flexibility index (Phi) is 7.37. The van der Waals surface area contributed by atoms with Gasteiger partial charge in [-0.3, -0.25) is 0 Å². The largest absolute Gasteiger partial charge is 0.393 e. The van der Waals surface area contributed by atoms with Crippen LogP contribution in [-0.4, -0.2) is 11.2 Å². The van der Waals surface area contributed by atoms with E-state index in [1.165, 1.54) is 61.7 Å². The van der Waals surface area contributed by atoms with Gasteiger partial charge in [-0.05, 0) is 119 Å². The molecular weight excluding hydrogens is 376 g/mol. The van der Waals surface area contributed by atoms with Gasteiger partial charge in [-0.2, -0.15) is 0 Å². The lowest BCUT2D eigenvalue weighted by atomic mass is 9.42. The predicted octanol–water partition coefficient (Wildman–Crippen LogP) is 8.65. The first-order valence-electron chi connectivity index (χ1n) is 13.1. The summed E-state index contributed by atoms with van der Waals surface area (Å²) < 4.78 is 0. The molecule has 0 spiro atoms. The van der Waals surface area contributed by atoms with Crippen LogP contribution >= 0.6 is 0 Å². The minimum atomic E-state index is -0.131. The molecule has 0 radical (unpaired) electrons. The first kappa shape index (κ1) is 24.8. The molecular formula is C30H50O. The maximum absolute atomic E-state index is 10.7. The molecule has 3 aliphatic carbocycles. The van der Waals surface area contributed by atoms with Gasteiger partial charge in [-0.1, -0.05) is 63.1 Å². The van der Waals surface area contributed by atoms with Gasteiger partial charge in [-0.15, -0.1) is 0 Å². The lowest BCUT2D eigenvalue weighted by Crippen LogP contribution is -2.58. The molecule has 3 aliphatic rings. The molecule has 0 amide bonds. The smallest absolute Gasteiger partial charge is 0.0594 e. The third kappa shape index (κ3) is 4.64.